The third-order valence-electron chi connectivity index (χ3n) is 3.57. The SMILES string of the molecule is O=C(O)Cc1ccc(C(=O)C2CCCCC2)cc1. The Bertz CT molecular complexity index is 428. The van der Waals surface area contributed by atoms with Crippen LogP contribution in [0.15, 0.2) is 24.3 Å². The van der Waals surface area contributed by atoms with E-state index in [1.54, 1.807) is 24.3 Å². The highest BCUT2D eigenvalue weighted by Crippen LogP contribution is 2.26. The normalized spacial score (nSPS) is 16.4. The zero-order valence-corrected chi connectivity index (χ0v) is 10.4. The minimum Gasteiger partial charge on any atom is -0.481 e. The molecule has 0 heterocycles. The number of hydrogen-bond donors (Lipinski definition) is 1. The molecule has 0 aliphatic heterocycles. The molecule has 0 aromatic heterocycles. The van der Waals surface area contributed by atoms with Crippen LogP contribution in [0.4, 0.5) is 0 Å². The first-order chi connectivity index (χ1) is 8.66. The van der Waals surface area contributed by atoms with Gasteiger partial charge in [0.2, 0.25) is 0 Å². The van der Waals surface area contributed by atoms with Gasteiger partial charge in [-0.15, -0.1) is 0 Å². The van der Waals surface area contributed by atoms with Gasteiger partial charge in [0, 0.05) is 11.5 Å². The first-order valence-electron chi connectivity index (χ1n) is 6.52. The second-order valence-electron chi connectivity index (χ2n) is 4.97. The number of ketones is 1. The number of rotatable bonds is 4. The minimum absolute atomic E-state index is 0.0118. The Kier molecular flexibility index (Phi) is 4.13. The van der Waals surface area contributed by atoms with Gasteiger partial charge in [0.1, 0.15) is 0 Å². The van der Waals surface area contributed by atoms with Gasteiger partial charge in [0.25, 0.3) is 0 Å². The number of aliphatic carboxylic acids is 1. The Labute approximate surface area is 107 Å². The van der Waals surface area contributed by atoms with Crippen molar-refractivity contribution in [2.75, 3.05) is 0 Å². The number of carbonyl (C=O) groups is 2. The van der Waals surface area contributed by atoms with Crippen molar-refractivity contribution in [2.45, 2.75) is 38.5 Å². The van der Waals surface area contributed by atoms with E-state index in [9.17, 15) is 9.59 Å². The lowest BCUT2D eigenvalue weighted by Gasteiger charge is -2.20. The fourth-order valence-electron chi connectivity index (χ4n) is 2.56. The lowest BCUT2D eigenvalue weighted by atomic mass is 9.84. The van der Waals surface area contributed by atoms with Crippen molar-refractivity contribution in [3.63, 3.8) is 0 Å². The maximum Gasteiger partial charge on any atom is 0.307 e. The van der Waals surface area contributed by atoms with Crippen molar-refractivity contribution in [3.05, 3.63) is 35.4 Å². The molecule has 0 atom stereocenters. The van der Waals surface area contributed by atoms with E-state index in [-0.39, 0.29) is 18.1 Å². The Morgan fingerprint density at radius 1 is 1.06 bits per heavy atom. The van der Waals surface area contributed by atoms with E-state index in [2.05, 4.69) is 0 Å². The van der Waals surface area contributed by atoms with Gasteiger partial charge in [-0.3, -0.25) is 9.59 Å². The molecule has 1 aliphatic carbocycles. The number of Topliss-reactive ketones (excluding diaryl/α,β-unsaturated/α-hetero) is 1. The van der Waals surface area contributed by atoms with Gasteiger partial charge in [-0.25, -0.2) is 0 Å². The summed E-state index contributed by atoms with van der Waals surface area (Å²) < 4.78 is 0. The fraction of sp³-hybridized carbons (Fsp3) is 0.467. The summed E-state index contributed by atoms with van der Waals surface area (Å²) in [4.78, 5) is 22.8. The van der Waals surface area contributed by atoms with Crippen molar-refractivity contribution in [3.8, 4) is 0 Å². The van der Waals surface area contributed by atoms with E-state index in [0.717, 1.165) is 36.8 Å². The van der Waals surface area contributed by atoms with E-state index < -0.39 is 5.97 Å². The van der Waals surface area contributed by atoms with Crippen LogP contribution in [0.25, 0.3) is 0 Å². The second kappa shape index (κ2) is 5.80. The molecule has 0 unspecified atom stereocenters. The van der Waals surface area contributed by atoms with Crippen LogP contribution >= 0.6 is 0 Å². The molecule has 0 radical (unpaired) electrons. The average Bonchev–Trinajstić information content (AvgIpc) is 2.39. The highest BCUT2D eigenvalue weighted by Gasteiger charge is 2.22. The predicted octanol–water partition coefficient (Wildman–Crippen LogP) is 3.08. The maximum atomic E-state index is 12.2. The Morgan fingerprint density at radius 2 is 1.67 bits per heavy atom. The quantitative estimate of drug-likeness (QED) is 0.831. The lowest BCUT2D eigenvalue weighted by Crippen LogP contribution is -2.17. The van der Waals surface area contributed by atoms with E-state index in [1.165, 1.54) is 6.42 Å². The standard InChI is InChI=1S/C15H18O3/c16-14(17)10-11-6-8-13(9-7-11)15(18)12-4-2-1-3-5-12/h6-9,12H,1-5,10H2,(H,16,17). The van der Waals surface area contributed by atoms with Crippen LogP contribution in [-0.4, -0.2) is 16.9 Å². The van der Waals surface area contributed by atoms with Gasteiger partial charge in [0.05, 0.1) is 6.42 Å². The first-order valence-corrected chi connectivity index (χ1v) is 6.52. The topological polar surface area (TPSA) is 54.4 Å². The number of hydrogen-bond acceptors (Lipinski definition) is 2. The van der Waals surface area contributed by atoms with Crippen molar-refractivity contribution in [1.82, 2.24) is 0 Å². The van der Waals surface area contributed by atoms with Crippen LogP contribution in [0.2, 0.25) is 0 Å². The minimum atomic E-state index is -0.846. The van der Waals surface area contributed by atoms with Gasteiger partial charge in [-0.1, -0.05) is 43.5 Å². The molecule has 1 saturated carbocycles. The summed E-state index contributed by atoms with van der Waals surface area (Å²) in [6, 6.07) is 7.00. The first kappa shape index (κ1) is 12.8. The number of carbonyl (C=O) groups excluding carboxylic acids is 1. The third kappa shape index (κ3) is 3.19. The number of carboxylic acid groups (broad SMARTS) is 1. The largest absolute Gasteiger partial charge is 0.481 e. The van der Waals surface area contributed by atoms with Gasteiger partial charge < -0.3 is 5.11 Å². The molecule has 1 N–H and O–H groups in total. The number of carboxylic acids is 1. The molecule has 1 aromatic carbocycles. The molecule has 1 aliphatic rings. The van der Waals surface area contributed by atoms with Crippen LogP contribution in [-0.2, 0) is 11.2 Å². The molecule has 18 heavy (non-hydrogen) atoms. The van der Waals surface area contributed by atoms with E-state index >= 15 is 0 Å². The average molecular weight is 246 g/mol. The van der Waals surface area contributed by atoms with Crippen LogP contribution in [0, 0.1) is 5.92 Å². The zero-order chi connectivity index (χ0) is 13.0. The van der Waals surface area contributed by atoms with Gasteiger partial charge >= 0.3 is 5.97 Å². The van der Waals surface area contributed by atoms with Crippen molar-refractivity contribution < 1.29 is 14.7 Å². The number of benzene rings is 1. The molecule has 1 fully saturated rings. The third-order valence-corrected chi connectivity index (χ3v) is 3.57. The second-order valence-corrected chi connectivity index (χ2v) is 4.97. The Hall–Kier alpha value is -1.64. The lowest BCUT2D eigenvalue weighted by molar-refractivity contribution is -0.136. The van der Waals surface area contributed by atoms with Crippen LogP contribution in [0.3, 0.4) is 0 Å². The summed E-state index contributed by atoms with van der Waals surface area (Å²) in [5.74, 6) is -0.456. The fourth-order valence-corrected chi connectivity index (χ4v) is 2.56. The van der Waals surface area contributed by atoms with Gasteiger partial charge in [-0.05, 0) is 18.4 Å². The van der Waals surface area contributed by atoms with Gasteiger partial charge in [-0.2, -0.15) is 0 Å². The molecule has 0 saturated heterocycles. The summed E-state index contributed by atoms with van der Waals surface area (Å²) in [6.45, 7) is 0. The molecule has 0 spiro atoms. The maximum absolute atomic E-state index is 12.2. The van der Waals surface area contributed by atoms with Crippen molar-refractivity contribution in [2.24, 2.45) is 5.92 Å². The van der Waals surface area contributed by atoms with Crippen LogP contribution in [0.1, 0.15) is 48.0 Å². The van der Waals surface area contributed by atoms with Crippen molar-refractivity contribution >= 4 is 11.8 Å². The van der Waals surface area contributed by atoms with Crippen molar-refractivity contribution in [1.29, 1.82) is 0 Å². The molecule has 96 valence electrons. The molecule has 2 rings (SSSR count). The van der Waals surface area contributed by atoms with Gasteiger partial charge in [0.15, 0.2) is 5.78 Å². The molecule has 3 heteroatoms. The molecule has 1 aromatic rings. The highest BCUT2D eigenvalue weighted by molar-refractivity contribution is 5.97. The Morgan fingerprint density at radius 3 is 2.22 bits per heavy atom. The molecule has 0 amide bonds. The Balaban J connectivity index is 2.04. The monoisotopic (exact) mass is 246 g/mol. The zero-order valence-electron chi connectivity index (χ0n) is 10.4. The predicted molar refractivity (Wildman–Crippen MR) is 68.7 cm³/mol. The molecular weight excluding hydrogens is 228 g/mol. The van der Waals surface area contributed by atoms with Crippen LogP contribution in [0.5, 0.6) is 0 Å². The summed E-state index contributed by atoms with van der Waals surface area (Å²) >= 11 is 0. The van der Waals surface area contributed by atoms with E-state index in [0.29, 0.717) is 0 Å². The summed E-state index contributed by atoms with van der Waals surface area (Å²) in [5, 5.41) is 8.68. The molecular formula is C15H18O3. The van der Waals surface area contributed by atoms with E-state index in [1.807, 2.05) is 0 Å². The smallest absolute Gasteiger partial charge is 0.307 e. The van der Waals surface area contributed by atoms with Crippen LogP contribution < -0.4 is 0 Å². The molecule has 3 nitrogen and oxygen atoms in total. The highest BCUT2D eigenvalue weighted by atomic mass is 16.4. The summed E-state index contributed by atoms with van der Waals surface area (Å²) in [6.07, 6.45) is 5.53. The summed E-state index contributed by atoms with van der Waals surface area (Å²) in [7, 11) is 0. The van der Waals surface area contributed by atoms with E-state index in [4.69, 9.17) is 5.11 Å². The molecule has 0 bridgehead atoms. The summed E-state index contributed by atoms with van der Waals surface area (Å²) in [5.41, 5.74) is 1.46.